The molecule has 4 aromatic heterocycles. The first-order chi connectivity index (χ1) is 19.3. The van der Waals surface area contributed by atoms with Crippen LogP contribution < -0.4 is 15.2 Å². The highest BCUT2D eigenvalue weighted by Crippen LogP contribution is 2.27. The van der Waals surface area contributed by atoms with Gasteiger partial charge in [0.15, 0.2) is 11.5 Å². The Bertz CT molecular complexity index is 1610. The third kappa shape index (κ3) is 4.77. The maximum atomic E-state index is 5.59. The molecule has 0 spiro atoms. The summed E-state index contributed by atoms with van der Waals surface area (Å²) in [5.41, 5.74) is 7.70. The van der Waals surface area contributed by atoms with Crippen LogP contribution in [0.1, 0.15) is 5.56 Å². The van der Waals surface area contributed by atoms with E-state index in [1.807, 2.05) is 59.5 Å². The molecular weight excluding hydrogens is 494 g/mol. The fourth-order valence-electron chi connectivity index (χ4n) is 5.06. The van der Waals surface area contributed by atoms with Gasteiger partial charge >= 0.3 is 0 Å². The van der Waals surface area contributed by atoms with Crippen LogP contribution in [0.15, 0.2) is 66.0 Å². The number of nitrogens with one attached hydrogen (secondary N) is 2. The van der Waals surface area contributed by atoms with Gasteiger partial charge in [0.2, 0.25) is 0 Å². The number of hydrogen-bond donors (Lipinski definition) is 2. The molecule has 0 radical (unpaired) electrons. The van der Waals surface area contributed by atoms with Crippen LogP contribution >= 0.6 is 0 Å². The van der Waals surface area contributed by atoms with Crippen molar-refractivity contribution in [2.45, 2.75) is 0 Å². The Morgan fingerprint density at radius 3 is 2.51 bits per heavy atom. The quantitative estimate of drug-likeness (QED) is 0.258. The number of anilines is 3. The van der Waals surface area contributed by atoms with E-state index >= 15 is 0 Å². The fraction of sp³-hybridized carbons (Fsp3) is 0.286. The first kappa shape index (κ1) is 23.6. The van der Waals surface area contributed by atoms with Gasteiger partial charge in [-0.1, -0.05) is 18.2 Å². The Morgan fingerprint density at radius 2 is 1.72 bits per heavy atom. The van der Waals surface area contributed by atoms with Crippen LogP contribution in [0.4, 0.5) is 17.5 Å². The molecule has 0 aliphatic carbocycles. The minimum atomic E-state index is 0.646. The van der Waals surface area contributed by atoms with Gasteiger partial charge < -0.3 is 24.3 Å². The Labute approximate surface area is 225 Å². The zero-order valence-electron chi connectivity index (χ0n) is 21.5. The molecule has 11 nitrogen and oxygen atoms in total. The lowest BCUT2D eigenvalue weighted by molar-refractivity contribution is 0.122. The highest BCUT2D eigenvalue weighted by Gasteiger charge is 2.19. The maximum absolute atomic E-state index is 5.59. The Morgan fingerprint density at radius 1 is 0.923 bits per heavy atom. The number of aromatic amines is 1. The van der Waals surface area contributed by atoms with Gasteiger partial charge in [-0.15, -0.1) is 0 Å². The predicted octanol–water partition coefficient (Wildman–Crippen LogP) is 3.39. The second-order valence-corrected chi connectivity index (χ2v) is 9.56. The fourth-order valence-corrected chi connectivity index (χ4v) is 5.06. The second kappa shape index (κ2) is 10.4. The van der Waals surface area contributed by atoms with Crippen molar-refractivity contribution in [2.75, 3.05) is 67.8 Å². The van der Waals surface area contributed by atoms with Crippen molar-refractivity contribution >= 4 is 40.2 Å². The predicted molar refractivity (Wildman–Crippen MR) is 152 cm³/mol. The number of ether oxygens (including phenoxy) is 2. The smallest absolute Gasteiger partial charge is 0.160 e. The molecule has 2 fully saturated rings. The number of nitrogens with zero attached hydrogens (tertiary/aromatic N) is 7. The molecule has 2 aliphatic heterocycles. The number of fused-ring (bicyclic) bond motifs is 2. The summed E-state index contributed by atoms with van der Waals surface area (Å²) in [4.78, 5) is 17.3. The Hall–Kier alpha value is -4.48. The van der Waals surface area contributed by atoms with Crippen LogP contribution in [0.25, 0.3) is 27.8 Å². The van der Waals surface area contributed by atoms with Gasteiger partial charge in [0, 0.05) is 72.7 Å². The first-order valence-corrected chi connectivity index (χ1v) is 13.2. The van der Waals surface area contributed by atoms with Gasteiger partial charge in [-0.25, -0.2) is 9.97 Å². The number of benzene rings is 1. The summed E-state index contributed by atoms with van der Waals surface area (Å²) < 4.78 is 12.9. The lowest BCUT2D eigenvalue weighted by Gasteiger charge is -2.29. The maximum Gasteiger partial charge on any atom is 0.160 e. The number of para-hydroxylation sites is 1. The molecule has 0 bridgehead atoms. The van der Waals surface area contributed by atoms with E-state index in [1.165, 1.54) is 0 Å². The summed E-state index contributed by atoms with van der Waals surface area (Å²) in [5.74, 6) is 2.54. The normalized spacial score (nSPS) is 16.5. The number of hydrazone groups is 1. The van der Waals surface area contributed by atoms with E-state index in [0.717, 1.165) is 84.4 Å². The number of rotatable bonds is 6. The summed E-state index contributed by atoms with van der Waals surface area (Å²) in [5, 5.41) is 10.5. The summed E-state index contributed by atoms with van der Waals surface area (Å²) in [6, 6.07) is 16.3. The molecule has 7 rings (SSSR count). The number of aromatic nitrogens is 5. The van der Waals surface area contributed by atoms with Crippen LogP contribution in [0.3, 0.4) is 0 Å². The molecule has 11 heteroatoms. The van der Waals surface area contributed by atoms with E-state index in [1.54, 1.807) is 0 Å². The Kier molecular flexibility index (Phi) is 6.27. The van der Waals surface area contributed by atoms with Crippen LogP contribution in [0.5, 0.6) is 0 Å². The lowest BCUT2D eigenvalue weighted by Crippen LogP contribution is -2.37. The van der Waals surface area contributed by atoms with E-state index in [-0.39, 0.29) is 0 Å². The standard InChI is InChI=1S/C28H29N9O2/c1-2-4-23-22(3-1)21(18-29-23)19-31-33-25-16-28(36-9-13-39-14-10-36)37-27(32-25)15-24(34-37)20-5-6-26(30-17-20)35-7-11-38-12-8-35/h1-6,15-19,29H,7-14H2,(H,32,33)/b31-19-. The van der Waals surface area contributed by atoms with Gasteiger partial charge in [-0.05, 0) is 18.2 Å². The summed E-state index contributed by atoms with van der Waals surface area (Å²) >= 11 is 0. The summed E-state index contributed by atoms with van der Waals surface area (Å²) in [6.07, 6.45) is 5.64. The zero-order chi connectivity index (χ0) is 26.0. The van der Waals surface area contributed by atoms with Gasteiger partial charge in [0.25, 0.3) is 0 Å². The third-order valence-electron chi connectivity index (χ3n) is 7.13. The van der Waals surface area contributed by atoms with Crippen molar-refractivity contribution in [3.05, 3.63) is 66.5 Å². The third-order valence-corrected chi connectivity index (χ3v) is 7.13. The highest BCUT2D eigenvalue weighted by molar-refractivity contribution is 5.99. The molecule has 0 saturated carbocycles. The second-order valence-electron chi connectivity index (χ2n) is 9.56. The molecule has 2 N–H and O–H groups in total. The Balaban J connectivity index is 1.19. The van der Waals surface area contributed by atoms with Crippen molar-refractivity contribution in [3.63, 3.8) is 0 Å². The minimum Gasteiger partial charge on any atom is -0.378 e. The molecule has 1 aromatic carbocycles. The summed E-state index contributed by atoms with van der Waals surface area (Å²) in [6.45, 7) is 6.07. The van der Waals surface area contributed by atoms with Crippen molar-refractivity contribution in [1.29, 1.82) is 0 Å². The molecule has 39 heavy (non-hydrogen) atoms. The molecular formula is C28H29N9O2. The number of morpholine rings is 2. The molecule has 198 valence electrons. The van der Waals surface area contributed by atoms with E-state index in [9.17, 15) is 0 Å². The average molecular weight is 524 g/mol. The highest BCUT2D eigenvalue weighted by atomic mass is 16.5. The van der Waals surface area contributed by atoms with E-state index in [0.29, 0.717) is 19.0 Å². The number of hydrogen-bond acceptors (Lipinski definition) is 9. The summed E-state index contributed by atoms with van der Waals surface area (Å²) in [7, 11) is 0. The molecule has 5 aromatic rings. The molecule has 0 unspecified atom stereocenters. The lowest BCUT2D eigenvalue weighted by atomic mass is 10.2. The topological polar surface area (TPSA) is 108 Å². The van der Waals surface area contributed by atoms with E-state index < -0.39 is 0 Å². The van der Waals surface area contributed by atoms with E-state index in [2.05, 4.69) is 37.4 Å². The number of pyridine rings is 1. The van der Waals surface area contributed by atoms with Gasteiger partial charge in [0.1, 0.15) is 11.6 Å². The van der Waals surface area contributed by atoms with Crippen molar-refractivity contribution in [3.8, 4) is 11.3 Å². The zero-order valence-corrected chi connectivity index (χ0v) is 21.5. The van der Waals surface area contributed by atoms with Crippen molar-refractivity contribution in [1.82, 2.24) is 24.6 Å². The van der Waals surface area contributed by atoms with Gasteiger partial charge in [-0.3, -0.25) is 5.43 Å². The molecule has 2 saturated heterocycles. The van der Waals surface area contributed by atoms with Gasteiger partial charge in [-0.2, -0.15) is 14.7 Å². The number of H-pyrrole nitrogens is 1. The SMILES string of the molecule is C(=N/Nc1cc(N2CCOCC2)n2nc(-c3ccc(N4CCOCC4)nc3)cc2n1)/c1c[nH]c2ccccc12. The van der Waals surface area contributed by atoms with Crippen molar-refractivity contribution in [2.24, 2.45) is 5.10 Å². The van der Waals surface area contributed by atoms with Crippen LogP contribution in [0, 0.1) is 0 Å². The monoisotopic (exact) mass is 523 g/mol. The molecule has 0 atom stereocenters. The molecule has 6 heterocycles. The van der Waals surface area contributed by atoms with E-state index in [4.69, 9.17) is 24.5 Å². The van der Waals surface area contributed by atoms with Crippen LogP contribution in [0.2, 0.25) is 0 Å². The minimum absolute atomic E-state index is 0.646. The van der Waals surface area contributed by atoms with Crippen molar-refractivity contribution < 1.29 is 9.47 Å². The first-order valence-electron chi connectivity index (χ1n) is 13.2. The average Bonchev–Trinajstić information content (AvgIpc) is 3.62. The van der Waals surface area contributed by atoms with Gasteiger partial charge in [0.05, 0.1) is 38.3 Å². The largest absolute Gasteiger partial charge is 0.378 e. The molecule has 2 aliphatic rings. The van der Waals surface area contributed by atoms with Crippen LogP contribution in [-0.2, 0) is 9.47 Å². The molecule has 0 amide bonds. The van der Waals surface area contributed by atoms with Crippen LogP contribution in [-0.4, -0.2) is 83.4 Å².